The average molecular weight is 435 g/mol. The number of amides is 3. The molecule has 5 rings (SSSR count). The summed E-state index contributed by atoms with van der Waals surface area (Å²) in [7, 11) is 0. The molecule has 1 aliphatic rings. The number of rotatable bonds is 4. The van der Waals surface area contributed by atoms with Gasteiger partial charge in [0.15, 0.2) is 0 Å². The van der Waals surface area contributed by atoms with E-state index in [0.717, 1.165) is 16.3 Å². The Labute approximate surface area is 190 Å². The largest absolute Gasteiger partial charge is 0.326 e. The minimum atomic E-state index is -0.343. The summed E-state index contributed by atoms with van der Waals surface area (Å²) in [6.07, 6.45) is 0.0278. The summed E-state index contributed by atoms with van der Waals surface area (Å²) < 4.78 is 0. The van der Waals surface area contributed by atoms with Crippen LogP contribution < -0.4 is 15.5 Å². The molecule has 6 nitrogen and oxygen atoms in total. The van der Waals surface area contributed by atoms with Crippen molar-refractivity contribution in [3.63, 3.8) is 0 Å². The number of hydrogen-bond donors (Lipinski definition) is 2. The van der Waals surface area contributed by atoms with Crippen molar-refractivity contribution < 1.29 is 14.4 Å². The molecule has 1 aliphatic heterocycles. The molecule has 0 unspecified atom stereocenters. The van der Waals surface area contributed by atoms with Crippen LogP contribution in [0.25, 0.3) is 10.8 Å². The van der Waals surface area contributed by atoms with Crippen LogP contribution in [-0.4, -0.2) is 17.7 Å². The smallest absolute Gasteiger partial charge is 0.241 e. The van der Waals surface area contributed by atoms with Gasteiger partial charge in [-0.1, -0.05) is 60.7 Å². The summed E-state index contributed by atoms with van der Waals surface area (Å²) in [5, 5.41) is 7.63. The minimum absolute atomic E-state index is 0.119. The van der Waals surface area contributed by atoms with Crippen LogP contribution in [0.5, 0.6) is 0 Å². The molecule has 0 aromatic heterocycles. The van der Waals surface area contributed by atoms with Gasteiger partial charge in [0.1, 0.15) is 6.42 Å². The topological polar surface area (TPSA) is 78.5 Å². The first-order valence-electron chi connectivity index (χ1n) is 10.7. The lowest BCUT2D eigenvalue weighted by atomic mass is 10.1. The Morgan fingerprint density at radius 2 is 1.58 bits per heavy atom. The zero-order chi connectivity index (χ0) is 22.8. The normalized spacial score (nSPS) is 13.3. The van der Waals surface area contributed by atoms with Crippen LogP contribution in [0.1, 0.15) is 12.0 Å². The van der Waals surface area contributed by atoms with Crippen molar-refractivity contribution in [1.82, 2.24) is 0 Å². The fourth-order valence-electron chi connectivity index (χ4n) is 4.08. The minimum Gasteiger partial charge on any atom is -0.326 e. The maximum Gasteiger partial charge on any atom is 0.241 e. The van der Waals surface area contributed by atoms with E-state index in [1.165, 1.54) is 0 Å². The number of benzene rings is 4. The van der Waals surface area contributed by atoms with Crippen molar-refractivity contribution in [3.8, 4) is 0 Å². The molecular weight excluding hydrogens is 414 g/mol. The van der Waals surface area contributed by atoms with E-state index in [1.807, 2.05) is 66.7 Å². The number of carbonyl (C=O) groups excluding carboxylic acids is 3. The van der Waals surface area contributed by atoms with Crippen molar-refractivity contribution >= 4 is 51.2 Å². The summed E-state index contributed by atoms with van der Waals surface area (Å²) in [5.74, 6) is -0.779. The molecule has 0 spiro atoms. The van der Waals surface area contributed by atoms with Crippen LogP contribution in [0.4, 0.5) is 22.7 Å². The third kappa shape index (κ3) is 4.19. The molecule has 0 saturated carbocycles. The maximum atomic E-state index is 13.0. The second-order valence-electron chi connectivity index (χ2n) is 7.89. The Morgan fingerprint density at radius 3 is 2.36 bits per heavy atom. The molecule has 0 aliphatic carbocycles. The summed E-state index contributed by atoms with van der Waals surface area (Å²) in [6.45, 7) is 0. The van der Waals surface area contributed by atoms with Crippen molar-refractivity contribution in [2.75, 3.05) is 15.5 Å². The zero-order valence-corrected chi connectivity index (χ0v) is 17.7. The van der Waals surface area contributed by atoms with Gasteiger partial charge in [0.05, 0.1) is 17.8 Å². The summed E-state index contributed by atoms with van der Waals surface area (Å²) in [5.41, 5.74) is 3.42. The molecule has 162 valence electrons. The Balaban J connectivity index is 1.44. The van der Waals surface area contributed by atoms with Crippen LogP contribution in [-0.2, 0) is 20.8 Å². The van der Waals surface area contributed by atoms with E-state index in [4.69, 9.17) is 0 Å². The van der Waals surface area contributed by atoms with Crippen LogP contribution in [0.2, 0.25) is 0 Å². The zero-order valence-electron chi connectivity index (χ0n) is 17.7. The molecule has 2 N–H and O–H groups in total. The molecule has 3 amide bonds. The SMILES string of the molecule is O=C(Cc1ccccc1)Nc1ccc(N2C(=O)CC(=O)Nc3c2ccc2ccccc32)cc1. The quantitative estimate of drug-likeness (QED) is 0.442. The van der Waals surface area contributed by atoms with E-state index in [2.05, 4.69) is 10.6 Å². The van der Waals surface area contributed by atoms with Gasteiger partial charge in [-0.3, -0.25) is 19.3 Å². The van der Waals surface area contributed by atoms with E-state index in [9.17, 15) is 14.4 Å². The van der Waals surface area contributed by atoms with Crippen LogP contribution in [0, 0.1) is 0 Å². The maximum absolute atomic E-state index is 13.0. The molecular formula is C27H21N3O3. The summed E-state index contributed by atoms with van der Waals surface area (Å²) in [4.78, 5) is 39.3. The van der Waals surface area contributed by atoms with Crippen LogP contribution in [0.15, 0.2) is 91.0 Å². The molecule has 0 fully saturated rings. The number of carbonyl (C=O) groups is 3. The molecule has 1 heterocycles. The number of fused-ring (bicyclic) bond motifs is 3. The highest BCUT2D eigenvalue weighted by Gasteiger charge is 2.28. The Hall–Kier alpha value is -4.45. The van der Waals surface area contributed by atoms with Gasteiger partial charge >= 0.3 is 0 Å². The van der Waals surface area contributed by atoms with Crippen molar-refractivity contribution in [3.05, 3.63) is 96.6 Å². The van der Waals surface area contributed by atoms with Gasteiger partial charge in [-0.2, -0.15) is 0 Å². The van der Waals surface area contributed by atoms with Gasteiger partial charge in [0.25, 0.3) is 0 Å². The number of nitrogens with one attached hydrogen (secondary N) is 2. The highest BCUT2D eigenvalue weighted by molar-refractivity contribution is 6.21. The molecule has 6 heteroatoms. The first-order valence-corrected chi connectivity index (χ1v) is 10.7. The fourth-order valence-corrected chi connectivity index (χ4v) is 4.08. The number of anilines is 4. The number of nitrogens with zero attached hydrogens (tertiary/aromatic N) is 1. The lowest BCUT2D eigenvalue weighted by molar-refractivity contribution is -0.124. The van der Waals surface area contributed by atoms with Gasteiger partial charge in [-0.15, -0.1) is 0 Å². The van der Waals surface area contributed by atoms with Crippen LogP contribution >= 0.6 is 0 Å². The Kier molecular flexibility index (Phi) is 5.32. The van der Waals surface area contributed by atoms with Gasteiger partial charge in [-0.25, -0.2) is 0 Å². The summed E-state index contributed by atoms with van der Waals surface area (Å²) >= 11 is 0. The van der Waals surface area contributed by atoms with Gasteiger partial charge in [-0.05, 0) is 41.3 Å². The number of hydrogen-bond acceptors (Lipinski definition) is 3. The highest BCUT2D eigenvalue weighted by Crippen LogP contribution is 2.40. The Morgan fingerprint density at radius 1 is 0.848 bits per heavy atom. The summed E-state index contributed by atoms with van der Waals surface area (Å²) in [6, 6.07) is 28.1. The van der Waals surface area contributed by atoms with Crippen molar-refractivity contribution in [2.45, 2.75) is 12.8 Å². The first kappa shape index (κ1) is 20.5. The lowest BCUT2D eigenvalue weighted by Gasteiger charge is -2.23. The van der Waals surface area contributed by atoms with Crippen molar-refractivity contribution in [1.29, 1.82) is 0 Å². The highest BCUT2D eigenvalue weighted by atomic mass is 16.2. The lowest BCUT2D eigenvalue weighted by Crippen LogP contribution is -2.26. The molecule has 0 bridgehead atoms. The van der Waals surface area contributed by atoms with E-state index in [0.29, 0.717) is 22.7 Å². The molecule has 33 heavy (non-hydrogen) atoms. The van der Waals surface area contributed by atoms with Gasteiger partial charge in [0, 0.05) is 16.8 Å². The second kappa shape index (κ2) is 8.59. The molecule has 0 radical (unpaired) electrons. The monoisotopic (exact) mass is 435 g/mol. The van der Waals surface area contributed by atoms with Crippen molar-refractivity contribution in [2.24, 2.45) is 0 Å². The second-order valence-corrected chi connectivity index (χ2v) is 7.89. The van der Waals surface area contributed by atoms with E-state index in [1.54, 1.807) is 29.2 Å². The third-order valence-corrected chi connectivity index (χ3v) is 5.59. The van der Waals surface area contributed by atoms with Gasteiger partial charge < -0.3 is 10.6 Å². The third-order valence-electron chi connectivity index (χ3n) is 5.59. The van der Waals surface area contributed by atoms with E-state index in [-0.39, 0.29) is 30.6 Å². The molecule has 4 aromatic rings. The van der Waals surface area contributed by atoms with Crippen LogP contribution in [0.3, 0.4) is 0 Å². The first-order chi connectivity index (χ1) is 16.1. The molecule has 0 saturated heterocycles. The fraction of sp³-hybridized carbons (Fsp3) is 0.0741. The molecule has 4 aromatic carbocycles. The van der Waals surface area contributed by atoms with E-state index >= 15 is 0 Å². The average Bonchev–Trinajstić information content (AvgIpc) is 2.95. The van der Waals surface area contributed by atoms with E-state index < -0.39 is 0 Å². The molecule has 0 atom stereocenters. The standard InChI is InChI=1S/C27H21N3O3/c31-24(16-18-6-2-1-3-7-18)28-20-11-13-21(14-12-20)30-23-15-10-19-8-4-5-9-22(19)27(23)29-25(32)17-26(30)33/h1-15H,16-17H2,(H,28,31)(H,29,32). The van der Waals surface area contributed by atoms with Gasteiger partial charge in [0.2, 0.25) is 17.7 Å². The predicted octanol–water partition coefficient (Wildman–Crippen LogP) is 5.03. The predicted molar refractivity (Wildman–Crippen MR) is 130 cm³/mol. The Bertz CT molecular complexity index is 1360.